The van der Waals surface area contributed by atoms with Crippen molar-refractivity contribution in [1.82, 2.24) is 20.2 Å². The molecule has 146 valence electrons. The Morgan fingerprint density at radius 1 is 1.10 bits per heavy atom. The Bertz CT molecular complexity index is 1310. The van der Waals surface area contributed by atoms with E-state index in [2.05, 4.69) is 32.3 Å². The van der Waals surface area contributed by atoms with Gasteiger partial charge in [0.15, 0.2) is 0 Å². The van der Waals surface area contributed by atoms with Crippen LogP contribution >= 0.6 is 23.1 Å². The lowest BCUT2D eigenvalue weighted by atomic mass is 10.0. The van der Waals surface area contributed by atoms with Gasteiger partial charge in [-0.3, -0.25) is 9.89 Å². The van der Waals surface area contributed by atoms with Crippen molar-refractivity contribution in [1.29, 1.82) is 10.5 Å². The van der Waals surface area contributed by atoms with Crippen LogP contribution in [0.25, 0.3) is 10.4 Å². The van der Waals surface area contributed by atoms with Crippen molar-refractivity contribution in [3.05, 3.63) is 86.5 Å². The highest BCUT2D eigenvalue weighted by Crippen LogP contribution is 2.34. The SMILES string of the molecule is N#Cc1c(SCc2cccc(Cc3ncn[nH]3)c2)[nH]c(=O)c(C#N)c1-c1cccs1. The third-order valence-electron chi connectivity index (χ3n) is 4.38. The molecule has 0 saturated heterocycles. The number of benzene rings is 1. The van der Waals surface area contributed by atoms with Crippen molar-refractivity contribution in [2.45, 2.75) is 17.2 Å². The van der Waals surface area contributed by atoms with Gasteiger partial charge in [-0.2, -0.15) is 15.6 Å². The van der Waals surface area contributed by atoms with E-state index >= 15 is 0 Å². The van der Waals surface area contributed by atoms with Crippen molar-refractivity contribution in [3.8, 4) is 22.6 Å². The molecular formula is C21H14N6OS2. The number of H-pyrrole nitrogens is 2. The van der Waals surface area contributed by atoms with Gasteiger partial charge in [-0.25, -0.2) is 4.98 Å². The first kappa shape index (κ1) is 19.6. The summed E-state index contributed by atoms with van der Waals surface area (Å²) in [4.78, 5) is 20.1. The van der Waals surface area contributed by atoms with E-state index in [1.54, 1.807) is 0 Å². The molecule has 3 aromatic heterocycles. The molecule has 0 aliphatic rings. The van der Waals surface area contributed by atoms with E-state index in [1.165, 1.54) is 29.4 Å². The van der Waals surface area contributed by atoms with Crippen LogP contribution in [0.1, 0.15) is 28.1 Å². The molecule has 0 atom stereocenters. The molecule has 0 amide bonds. The topological polar surface area (TPSA) is 122 Å². The number of thioether (sulfide) groups is 1. The molecule has 0 aliphatic heterocycles. The second-order valence-corrected chi connectivity index (χ2v) is 8.26. The number of nitriles is 2. The van der Waals surface area contributed by atoms with Gasteiger partial charge in [0.1, 0.15) is 29.9 Å². The monoisotopic (exact) mass is 430 g/mol. The third kappa shape index (κ3) is 4.03. The summed E-state index contributed by atoms with van der Waals surface area (Å²) in [6.45, 7) is 0. The van der Waals surface area contributed by atoms with E-state index in [0.29, 0.717) is 28.3 Å². The van der Waals surface area contributed by atoms with Gasteiger partial charge in [0.25, 0.3) is 5.56 Å². The lowest BCUT2D eigenvalue weighted by Gasteiger charge is -2.10. The van der Waals surface area contributed by atoms with Crippen LogP contribution in [-0.4, -0.2) is 20.2 Å². The van der Waals surface area contributed by atoms with Crippen LogP contribution in [0.2, 0.25) is 0 Å². The minimum Gasteiger partial charge on any atom is -0.315 e. The Labute approximate surface area is 180 Å². The van der Waals surface area contributed by atoms with Crippen LogP contribution < -0.4 is 5.56 Å². The van der Waals surface area contributed by atoms with Gasteiger partial charge in [0.05, 0.1) is 10.6 Å². The van der Waals surface area contributed by atoms with Gasteiger partial charge in [0, 0.05) is 22.6 Å². The van der Waals surface area contributed by atoms with Crippen LogP contribution in [-0.2, 0) is 12.2 Å². The molecule has 2 N–H and O–H groups in total. The van der Waals surface area contributed by atoms with Crippen molar-refractivity contribution in [2.24, 2.45) is 0 Å². The zero-order valence-corrected chi connectivity index (χ0v) is 17.2. The summed E-state index contributed by atoms with van der Waals surface area (Å²) in [5.41, 5.74) is 2.33. The fraction of sp³-hybridized carbons (Fsp3) is 0.0952. The largest absolute Gasteiger partial charge is 0.315 e. The highest BCUT2D eigenvalue weighted by atomic mass is 32.2. The number of rotatable bonds is 6. The first-order valence-corrected chi connectivity index (χ1v) is 10.8. The Hall–Kier alpha value is -3.66. The summed E-state index contributed by atoms with van der Waals surface area (Å²) >= 11 is 2.76. The number of hydrogen-bond donors (Lipinski definition) is 2. The summed E-state index contributed by atoms with van der Waals surface area (Å²) in [5.74, 6) is 1.34. The second-order valence-electron chi connectivity index (χ2n) is 6.33. The fourth-order valence-corrected chi connectivity index (χ4v) is 4.79. The number of aromatic nitrogens is 4. The van der Waals surface area contributed by atoms with E-state index in [-0.39, 0.29) is 5.56 Å². The molecule has 0 fully saturated rings. The van der Waals surface area contributed by atoms with Crippen molar-refractivity contribution in [3.63, 3.8) is 0 Å². The molecule has 0 bridgehead atoms. The molecule has 7 nitrogen and oxygen atoms in total. The number of hydrogen-bond acceptors (Lipinski definition) is 7. The molecule has 0 spiro atoms. The quantitative estimate of drug-likeness (QED) is 0.448. The van der Waals surface area contributed by atoms with E-state index in [1.807, 2.05) is 41.8 Å². The number of nitrogens with zero attached hydrogens (tertiary/aromatic N) is 4. The molecule has 1 aromatic carbocycles. The average Bonchev–Trinajstić information content (AvgIpc) is 3.46. The van der Waals surface area contributed by atoms with Crippen LogP contribution in [0.4, 0.5) is 0 Å². The van der Waals surface area contributed by atoms with Crippen molar-refractivity contribution < 1.29 is 0 Å². The lowest BCUT2D eigenvalue weighted by Crippen LogP contribution is -2.14. The molecule has 0 radical (unpaired) electrons. The van der Waals surface area contributed by atoms with Crippen LogP contribution in [0.5, 0.6) is 0 Å². The molecule has 30 heavy (non-hydrogen) atoms. The first-order valence-electron chi connectivity index (χ1n) is 8.88. The minimum absolute atomic E-state index is 0.0348. The van der Waals surface area contributed by atoms with E-state index in [9.17, 15) is 15.3 Å². The van der Waals surface area contributed by atoms with E-state index in [0.717, 1.165) is 21.8 Å². The average molecular weight is 431 g/mol. The normalized spacial score (nSPS) is 10.5. The van der Waals surface area contributed by atoms with Gasteiger partial charge < -0.3 is 4.98 Å². The van der Waals surface area contributed by atoms with Gasteiger partial charge in [-0.15, -0.1) is 23.1 Å². The minimum atomic E-state index is -0.485. The third-order valence-corrected chi connectivity index (χ3v) is 6.34. The molecule has 0 aliphatic carbocycles. The Morgan fingerprint density at radius 2 is 1.93 bits per heavy atom. The number of nitrogens with one attached hydrogen (secondary N) is 2. The maximum atomic E-state index is 12.5. The maximum Gasteiger partial charge on any atom is 0.267 e. The summed E-state index contributed by atoms with van der Waals surface area (Å²) in [7, 11) is 0. The molecule has 9 heteroatoms. The van der Waals surface area contributed by atoms with E-state index in [4.69, 9.17) is 0 Å². The van der Waals surface area contributed by atoms with Gasteiger partial charge in [-0.1, -0.05) is 30.3 Å². The Balaban J connectivity index is 1.64. The lowest BCUT2D eigenvalue weighted by molar-refractivity contribution is 0.971. The standard InChI is InChI=1S/C21H14N6OS2/c22-9-15-19(17-5-2-6-29-17)16(10-23)21(26-20(15)28)30-11-14-4-1-3-13(7-14)8-18-24-12-25-27-18/h1-7,12H,8,11H2,(H,26,28)(H,24,25,27). The number of thiophene rings is 1. The molecular weight excluding hydrogens is 416 g/mol. The van der Waals surface area contributed by atoms with Crippen molar-refractivity contribution in [2.75, 3.05) is 0 Å². The maximum absolute atomic E-state index is 12.5. The number of pyridine rings is 1. The van der Waals surface area contributed by atoms with Gasteiger partial charge in [-0.05, 0) is 22.6 Å². The van der Waals surface area contributed by atoms with Gasteiger partial charge >= 0.3 is 0 Å². The predicted molar refractivity (Wildman–Crippen MR) is 115 cm³/mol. The summed E-state index contributed by atoms with van der Waals surface area (Å²) in [6, 6.07) is 15.8. The number of aromatic amines is 2. The molecule has 4 aromatic rings. The fourth-order valence-electron chi connectivity index (χ4n) is 3.06. The predicted octanol–water partition coefficient (Wildman–Crippen LogP) is 3.85. The van der Waals surface area contributed by atoms with Gasteiger partial charge in [0.2, 0.25) is 0 Å². The molecule has 0 unspecified atom stereocenters. The second kappa shape index (κ2) is 8.78. The summed E-state index contributed by atoms with van der Waals surface area (Å²) in [6.07, 6.45) is 2.11. The molecule has 4 rings (SSSR count). The summed E-state index contributed by atoms with van der Waals surface area (Å²) < 4.78 is 0. The van der Waals surface area contributed by atoms with Crippen LogP contribution in [0, 0.1) is 22.7 Å². The highest BCUT2D eigenvalue weighted by molar-refractivity contribution is 7.98. The first-order chi connectivity index (χ1) is 14.7. The highest BCUT2D eigenvalue weighted by Gasteiger charge is 2.20. The zero-order valence-electron chi connectivity index (χ0n) is 15.5. The van der Waals surface area contributed by atoms with E-state index < -0.39 is 5.56 Å². The molecule has 0 saturated carbocycles. The zero-order chi connectivity index (χ0) is 20.9. The van der Waals surface area contributed by atoms with Crippen molar-refractivity contribution >= 4 is 23.1 Å². The van der Waals surface area contributed by atoms with Crippen LogP contribution in [0.3, 0.4) is 0 Å². The summed E-state index contributed by atoms with van der Waals surface area (Å²) in [5, 5.41) is 28.3. The Morgan fingerprint density at radius 3 is 2.63 bits per heavy atom. The smallest absolute Gasteiger partial charge is 0.267 e. The van der Waals surface area contributed by atoms with Crippen LogP contribution in [0.15, 0.2) is 57.9 Å². The molecule has 3 heterocycles. The Kier molecular flexibility index (Phi) is 5.75.